The standard InChI is InChI=1S/C19H27FN2O2/c1-19(2,3)18(24)22-12-10-16(11-13-22)21-17(23)9-6-14-4-7-15(20)8-5-14/h4-5,7-8,16H,6,9-13H2,1-3H3,(H,21,23). The van der Waals surface area contributed by atoms with Crippen LogP contribution in [0, 0.1) is 11.2 Å². The Kier molecular flexibility index (Phi) is 5.97. The number of hydrogen-bond acceptors (Lipinski definition) is 2. The SMILES string of the molecule is CC(C)(C)C(=O)N1CCC(NC(=O)CCc2ccc(F)cc2)CC1. The van der Waals surface area contributed by atoms with Crippen LogP contribution in [0.3, 0.4) is 0 Å². The zero-order chi connectivity index (χ0) is 17.7. The van der Waals surface area contributed by atoms with Crippen molar-refractivity contribution in [2.24, 2.45) is 5.41 Å². The van der Waals surface area contributed by atoms with Crippen LogP contribution in [0.5, 0.6) is 0 Å². The van der Waals surface area contributed by atoms with E-state index >= 15 is 0 Å². The highest BCUT2D eigenvalue weighted by atomic mass is 19.1. The summed E-state index contributed by atoms with van der Waals surface area (Å²) in [5, 5.41) is 3.05. The molecule has 24 heavy (non-hydrogen) atoms. The smallest absolute Gasteiger partial charge is 0.227 e. The Labute approximate surface area is 143 Å². The molecule has 0 aromatic heterocycles. The lowest BCUT2D eigenvalue weighted by Crippen LogP contribution is -2.49. The van der Waals surface area contributed by atoms with Gasteiger partial charge in [-0.25, -0.2) is 4.39 Å². The van der Waals surface area contributed by atoms with Crippen molar-refractivity contribution >= 4 is 11.8 Å². The van der Waals surface area contributed by atoms with Gasteiger partial charge in [-0.2, -0.15) is 0 Å². The lowest BCUT2D eigenvalue weighted by atomic mass is 9.93. The number of likely N-dealkylation sites (tertiary alicyclic amines) is 1. The Balaban J connectivity index is 1.72. The van der Waals surface area contributed by atoms with Crippen molar-refractivity contribution in [1.82, 2.24) is 10.2 Å². The summed E-state index contributed by atoms with van der Waals surface area (Å²) in [6.07, 6.45) is 2.59. The Morgan fingerprint density at radius 2 is 1.75 bits per heavy atom. The van der Waals surface area contributed by atoms with E-state index < -0.39 is 0 Å². The zero-order valence-electron chi connectivity index (χ0n) is 14.8. The van der Waals surface area contributed by atoms with E-state index in [-0.39, 0.29) is 29.1 Å². The van der Waals surface area contributed by atoms with E-state index in [1.165, 1.54) is 12.1 Å². The summed E-state index contributed by atoms with van der Waals surface area (Å²) >= 11 is 0. The number of nitrogens with one attached hydrogen (secondary N) is 1. The van der Waals surface area contributed by atoms with Crippen LogP contribution < -0.4 is 5.32 Å². The van der Waals surface area contributed by atoms with Crippen LogP contribution in [0.25, 0.3) is 0 Å². The fourth-order valence-electron chi connectivity index (χ4n) is 2.91. The number of amides is 2. The molecule has 1 aliphatic heterocycles. The van der Waals surface area contributed by atoms with Gasteiger partial charge in [-0.3, -0.25) is 9.59 Å². The van der Waals surface area contributed by atoms with Gasteiger partial charge in [0.2, 0.25) is 11.8 Å². The van der Waals surface area contributed by atoms with Crippen molar-refractivity contribution in [3.05, 3.63) is 35.6 Å². The van der Waals surface area contributed by atoms with Crippen molar-refractivity contribution in [3.8, 4) is 0 Å². The second kappa shape index (κ2) is 7.77. The minimum absolute atomic E-state index is 0.0138. The van der Waals surface area contributed by atoms with E-state index in [2.05, 4.69) is 5.32 Å². The molecule has 1 aromatic rings. The molecule has 1 aliphatic rings. The van der Waals surface area contributed by atoms with Gasteiger partial charge < -0.3 is 10.2 Å². The van der Waals surface area contributed by atoms with E-state index in [4.69, 9.17) is 0 Å². The van der Waals surface area contributed by atoms with Gasteiger partial charge in [-0.05, 0) is 37.0 Å². The summed E-state index contributed by atoms with van der Waals surface area (Å²) < 4.78 is 12.8. The third-order valence-electron chi connectivity index (χ3n) is 4.34. The maximum Gasteiger partial charge on any atom is 0.227 e. The first-order valence-corrected chi connectivity index (χ1v) is 8.59. The largest absolute Gasteiger partial charge is 0.353 e. The molecule has 2 rings (SSSR count). The van der Waals surface area contributed by atoms with Crippen LogP contribution in [0.2, 0.25) is 0 Å². The number of carbonyl (C=O) groups excluding carboxylic acids is 2. The molecule has 5 heteroatoms. The van der Waals surface area contributed by atoms with Crippen molar-refractivity contribution in [3.63, 3.8) is 0 Å². The molecule has 0 aliphatic carbocycles. The first kappa shape index (κ1) is 18.4. The maximum atomic E-state index is 12.8. The molecule has 4 nitrogen and oxygen atoms in total. The molecule has 0 unspecified atom stereocenters. The average molecular weight is 334 g/mol. The Hall–Kier alpha value is -1.91. The van der Waals surface area contributed by atoms with Gasteiger partial charge in [-0.15, -0.1) is 0 Å². The Morgan fingerprint density at radius 1 is 1.17 bits per heavy atom. The van der Waals surface area contributed by atoms with E-state index in [0.29, 0.717) is 25.9 Å². The number of benzene rings is 1. The number of carbonyl (C=O) groups is 2. The molecule has 1 N–H and O–H groups in total. The molecular weight excluding hydrogens is 307 g/mol. The maximum absolute atomic E-state index is 12.8. The summed E-state index contributed by atoms with van der Waals surface area (Å²) in [5.41, 5.74) is 0.600. The van der Waals surface area contributed by atoms with Crippen molar-refractivity contribution in [2.75, 3.05) is 13.1 Å². The predicted molar refractivity (Wildman–Crippen MR) is 91.9 cm³/mol. The van der Waals surface area contributed by atoms with Gasteiger partial charge in [-0.1, -0.05) is 32.9 Å². The molecule has 1 aromatic carbocycles. The number of piperidine rings is 1. The minimum atomic E-state index is -0.356. The third kappa shape index (κ3) is 5.32. The first-order chi connectivity index (χ1) is 11.3. The Bertz CT molecular complexity index is 570. The van der Waals surface area contributed by atoms with E-state index in [0.717, 1.165) is 18.4 Å². The fourth-order valence-corrected chi connectivity index (χ4v) is 2.91. The molecule has 1 heterocycles. The van der Waals surface area contributed by atoms with Gasteiger partial charge >= 0.3 is 0 Å². The lowest BCUT2D eigenvalue weighted by Gasteiger charge is -2.36. The molecule has 1 saturated heterocycles. The molecule has 132 valence electrons. The third-order valence-corrected chi connectivity index (χ3v) is 4.34. The first-order valence-electron chi connectivity index (χ1n) is 8.59. The number of rotatable bonds is 4. The number of hydrogen-bond donors (Lipinski definition) is 1. The lowest BCUT2D eigenvalue weighted by molar-refractivity contribution is -0.140. The predicted octanol–water partition coefficient (Wildman–Crippen LogP) is 2.91. The number of aryl methyl sites for hydroxylation is 1. The van der Waals surface area contributed by atoms with Crippen LogP contribution in [-0.2, 0) is 16.0 Å². The molecule has 0 radical (unpaired) electrons. The molecule has 0 spiro atoms. The van der Waals surface area contributed by atoms with Crippen LogP contribution >= 0.6 is 0 Å². The highest BCUT2D eigenvalue weighted by Crippen LogP contribution is 2.21. The second-order valence-electron chi connectivity index (χ2n) is 7.51. The van der Waals surface area contributed by atoms with Crippen LogP contribution in [-0.4, -0.2) is 35.8 Å². The number of halogens is 1. The molecule has 0 saturated carbocycles. The molecule has 1 fully saturated rings. The van der Waals surface area contributed by atoms with E-state index in [9.17, 15) is 14.0 Å². The van der Waals surface area contributed by atoms with Crippen molar-refractivity contribution in [1.29, 1.82) is 0 Å². The van der Waals surface area contributed by atoms with E-state index in [1.54, 1.807) is 12.1 Å². The topological polar surface area (TPSA) is 49.4 Å². The summed E-state index contributed by atoms with van der Waals surface area (Å²) in [4.78, 5) is 26.2. The number of nitrogens with zero attached hydrogens (tertiary/aromatic N) is 1. The normalized spacial score (nSPS) is 16.1. The second-order valence-corrected chi connectivity index (χ2v) is 7.51. The van der Waals surface area contributed by atoms with Gasteiger partial charge in [0.15, 0.2) is 0 Å². The summed E-state index contributed by atoms with van der Waals surface area (Å²) in [5.74, 6) is -0.0803. The molecule has 0 atom stereocenters. The van der Waals surface area contributed by atoms with Crippen molar-refractivity contribution in [2.45, 2.75) is 52.5 Å². The highest BCUT2D eigenvalue weighted by molar-refractivity contribution is 5.81. The monoisotopic (exact) mass is 334 g/mol. The summed E-state index contributed by atoms with van der Waals surface area (Å²) in [6.45, 7) is 7.17. The van der Waals surface area contributed by atoms with Crippen LogP contribution in [0.15, 0.2) is 24.3 Å². The van der Waals surface area contributed by atoms with Gasteiger partial charge in [0, 0.05) is 31.0 Å². The summed E-state index contributed by atoms with van der Waals surface area (Å²) in [6, 6.07) is 6.37. The zero-order valence-corrected chi connectivity index (χ0v) is 14.8. The quantitative estimate of drug-likeness (QED) is 0.920. The van der Waals surface area contributed by atoms with Crippen LogP contribution in [0.1, 0.15) is 45.6 Å². The van der Waals surface area contributed by atoms with Gasteiger partial charge in [0.1, 0.15) is 5.82 Å². The molecule has 0 bridgehead atoms. The van der Waals surface area contributed by atoms with Crippen molar-refractivity contribution < 1.29 is 14.0 Å². The molecule has 2 amide bonds. The molecular formula is C19H27FN2O2. The van der Waals surface area contributed by atoms with E-state index in [1.807, 2.05) is 25.7 Å². The minimum Gasteiger partial charge on any atom is -0.353 e. The van der Waals surface area contributed by atoms with Crippen LogP contribution in [0.4, 0.5) is 4.39 Å². The van der Waals surface area contributed by atoms with Gasteiger partial charge in [0.25, 0.3) is 0 Å². The Morgan fingerprint density at radius 3 is 2.29 bits per heavy atom. The average Bonchev–Trinajstić information content (AvgIpc) is 2.53. The fraction of sp³-hybridized carbons (Fsp3) is 0.579. The highest BCUT2D eigenvalue weighted by Gasteiger charge is 2.30. The van der Waals surface area contributed by atoms with Gasteiger partial charge in [0.05, 0.1) is 0 Å². The summed E-state index contributed by atoms with van der Waals surface area (Å²) in [7, 11) is 0.